The Labute approximate surface area is 84.4 Å². The molecule has 0 aromatic heterocycles. The largest absolute Gasteiger partial charge is 0.508 e. The van der Waals surface area contributed by atoms with Crippen LogP contribution in [0.25, 0.3) is 0 Å². The first-order valence-electron chi connectivity index (χ1n) is 4.85. The average Bonchev–Trinajstić information content (AvgIpc) is 2.12. The van der Waals surface area contributed by atoms with Gasteiger partial charge < -0.3 is 15.5 Å². The van der Waals surface area contributed by atoms with Crippen molar-refractivity contribution in [2.24, 2.45) is 0 Å². The van der Waals surface area contributed by atoms with Crippen molar-refractivity contribution in [3.8, 4) is 5.75 Å². The Morgan fingerprint density at radius 2 is 2.21 bits per heavy atom. The van der Waals surface area contributed by atoms with Crippen molar-refractivity contribution in [1.29, 1.82) is 0 Å². The second kappa shape index (κ2) is 5.62. The van der Waals surface area contributed by atoms with Crippen LogP contribution in [0.5, 0.6) is 5.75 Å². The van der Waals surface area contributed by atoms with Gasteiger partial charge >= 0.3 is 0 Å². The Morgan fingerprint density at radius 1 is 1.43 bits per heavy atom. The highest BCUT2D eigenvalue weighted by atomic mass is 16.3. The van der Waals surface area contributed by atoms with Gasteiger partial charge in [0.15, 0.2) is 0 Å². The van der Waals surface area contributed by atoms with Gasteiger partial charge in [0.1, 0.15) is 5.75 Å². The molecule has 0 saturated heterocycles. The molecule has 0 saturated carbocycles. The number of aliphatic hydroxyl groups excluding tert-OH is 1. The molecule has 0 heterocycles. The van der Waals surface area contributed by atoms with Crippen LogP contribution in [0.2, 0.25) is 0 Å². The molecule has 3 heteroatoms. The summed E-state index contributed by atoms with van der Waals surface area (Å²) >= 11 is 0. The molecule has 78 valence electrons. The van der Waals surface area contributed by atoms with Crippen LogP contribution < -0.4 is 5.32 Å². The zero-order valence-electron chi connectivity index (χ0n) is 8.40. The van der Waals surface area contributed by atoms with E-state index < -0.39 is 0 Å². The first kappa shape index (κ1) is 11.0. The van der Waals surface area contributed by atoms with Crippen LogP contribution in [0.4, 0.5) is 0 Å². The van der Waals surface area contributed by atoms with Gasteiger partial charge in [0, 0.05) is 6.54 Å². The van der Waals surface area contributed by atoms with E-state index in [0.717, 1.165) is 25.1 Å². The van der Waals surface area contributed by atoms with Gasteiger partial charge in [-0.15, -0.1) is 0 Å². The molecule has 1 aromatic carbocycles. The van der Waals surface area contributed by atoms with Crippen molar-refractivity contribution in [3.63, 3.8) is 0 Å². The summed E-state index contributed by atoms with van der Waals surface area (Å²) in [7, 11) is 0. The second-order valence-corrected chi connectivity index (χ2v) is 3.48. The highest BCUT2D eigenvalue weighted by Crippen LogP contribution is 2.10. The number of nitrogens with one attached hydrogen (secondary N) is 1. The fraction of sp³-hybridized carbons (Fsp3) is 0.455. The third-order valence-corrected chi connectivity index (χ3v) is 1.98. The lowest BCUT2D eigenvalue weighted by atomic mass is 10.2. The number of hydrogen-bond donors (Lipinski definition) is 3. The third-order valence-electron chi connectivity index (χ3n) is 1.98. The standard InChI is InChI=1S/C11H17NO2/c1-9(13)5-6-12-8-10-3-2-4-11(14)7-10/h2-4,7,9,12-14H,5-6,8H2,1H3/t9-/m0/s1. The molecule has 0 amide bonds. The fourth-order valence-corrected chi connectivity index (χ4v) is 1.21. The zero-order valence-corrected chi connectivity index (χ0v) is 8.40. The highest BCUT2D eigenvalue weighted by Gasteiger charge is 1.96. The summed E-state index contributed by atoms with van der Waals surface area (Å²) in [5.41, 5.74) is 1.05. The molecule has 1 atom stereocenters. The molecule has 0 aliphatic carbocycles. The van der Waals surface area contributed by atoms with Crippen molar-refractivity contribution in [1.82, 2.24) is 5.32 Å². The minimum Gasteiger partial charge on any atom is -0.508 e. The van der Waals surface area contributed by atoms with E-state index in [1.54, 1.807) is 19.1 Å². The van der Waals surface area contributed by atoms with E-state index in [2.05, 4.69) is 5.32 Å². The molecular weight excluding hydrogens is 178 g/mol. The number of phenolic OH excluding ortho intramolecular Hbond substituents is 1. The van der Waals surface area contributed by atoms with Crippen LogP contribution in [0, 0.1) is 0 Å². The van der Waals surface area contributed by atoms with E-state index in [4.69, 9.17) is 5.11 Å². The van der Waals surface area contributed by atoms with Gasteiger partial charge in [-0.25, -0.2) is 0 Å². The number of aliphatic hydroxyl groups is 1. The summed E-state index contributed by atoms with van der Waals surface area (Å²) in [6.07, 6.45) is 0.491. The Hall–Kier alpha value is -1.06. The number of phenols is 1. The molecule has 0 unspecified atom stereocenters. The van der Waals surface area contributed by atoms with Crippen molar-refractivity contribution >= 4 is 0 Å². The fourth-order valence-electron chi connectivity index (χ4n) is 1.21. The van der Waals surface area contributed by atoms with Crippen LogP contribution in [0.3, 0.4) is 0 Å². The minimum absolute atomic E-state index is 0.258. The van der Waals surface area contributed by atoms with E-state index in [0.29, 0.717) is 5.75 Å². The SMILES string of the molecule is C[C@H](O)CCNCc1cccc(O)c1. The normalized spacial score (nSPS) is 12.7. The van der Waals surface area contributed by atoms with Gasteiger partial charge in [0.05, 0.1) is 6.10 Å². The topological polar surface area (TPSA) is 52.5 Å². The van der Waals surface area contributed by atoms with Crippen molar-refractivity contribution in [2.45, 2.75) is 26.0 Å². The summed E-state index contributed by atoms with van der Waals surface area (Å²) in [5.74, 6) is 0.292. The maximum atomic E-state index is 9.19. The molecule has 1 rings (SSSR count). The lowest BCUT2D eigenvalue weighted by Crippen LogP contribution is -2.18. The smallest absolute Gasteiger partial charge is 0.115 e. The summed E-state index contributed by atoms with van der Waals surface area (Å²) < 4.78 is 0. The van der Waals surface area contributed by atoms with Crippen molar-refractivity contribution in [2.75, 3.05) is 6.54 Å². The van der Waals surface area contributed by atoms with Crippen molar-refractivity contribution < 1.29 is 10.2 Å². The number of hydrogen-bond acceptors (Lipinski definition) is 3. The predicted molar refractivity (Wildman–Crippen MR) is 56.1 cm³/mol. The van der Waals surface area contributed by atoms with E-state index in [-0.39, 0.29) is 6.10 Å². The maximum absolute atomic E-state index is 9.19. The van der Waals surface area contributed by atoms with E-state index in [1.807, 2.05) is 12.1 Å². The van der Waals surface area contributed by atoms with Crippen LogP contribution in [-0.4, -0.2) is 22.9 Å². The van der Waals surface area contributed by atoms with E-state index >= 15 is 0 Å². The zero-order chi connectivity index (χ0) is 10.4. The second-order valence-electron chi connectivity index (χ2n) is 3.48. The average molecular weight is 195 g/mol. The summed E-state index contributed by atoms with van der Waals surface area (Å²) in [6, 6.07) is 7.16. The number of rotatable bonds is 5. The van der Waals surface area contributed by atoms with Crippen LogP contribution in [0.1, 0.15) is 18.9 Å². The molecule has 14 heavy (non-hydrogen) atoms. The van der Waals surface area contributed by atoms with E-state index in [1.165, 1.54) is 0 Å². The lowest BCUT2D eigenvalue weighted by molar-refractivity contribution is 0.183. The molecule has 0 fully saturated rings. The molecule has 3 nitrogen and oxygen atoms in total. The Morgan fingerprint density at radius 3 is 2.86 bits per heavy atom. The molecule has 0 aliphatic rings. The first-order valence-corrected chi connectivity index (χ1v) is 4.85. The summed E-state index contributed by atoms with van der Waals surface area (Å²) in [4.78, 5) is 0. The quantitative estimate of drug-likeness (QED) is 0.620. The number of benzene rings is 1. The van der Waals surface area contributed by atoms with E-state index in [9.17, 15) is 5.11 Å². The molecular formula is C11H17NO2. The maximum Gasteiger partial charge on any atom is 0.115 e. The van der Waals surface area contributed by atoms with Gasteiger partial charge in [-0.2, -0.15) is 0 Å². The molecule has 0 radical (unpaired) electrons. The third kappa shape index (κ3) is 4.25. The Bertz CT molecular complexity index is 274. The monoisotopic (exact) mass is 195 g/mol. The summed E-state index contributed by atoms with van der Waals surface area (Å²) in [6.45, 7) is 3.28. The van der Waals surface area contributed by atoms with Crippen LogP contribution in [0.15, 0.2) is 24.3 Å². The van der Waals surface area contributed by atoms with Gasteiger partial charge in [0.25, 0.3) is 0 Å². The molecule has 0 aliphatic heterocycles. The molecule has 1 aromatic rings. The van der Waals surface area contributed by atoms with Crippen LogP contribution in [-0.2, 0) is 6.54 Å². The molecule has 0 spiro atoms. The van der Waals surface area contributed by atoms with Gasteiger partial charge in [-0.3, -0.25) is 0 Å². The number of aromatic hydroxyl groups is 1. The minimum atomic E-state index is -0.258. The lowest BCUT2D eigenvalue weighted by Gasteiger charge is -2.06. The first-order chi connectivity index (χ1) is 6.68. The summed E-state index contributed by atoms with van der Waals surface area (Å²) in [5, 5.41) is 21.4. The van der Waals surface area contributed by atoms with Crippen LogP contribution >= 0.6 is 0 Å². The van der Waals surface area contributed by atoms with Crippen molar-refractivity contribution in [3.05, 3.63) is 29.8 Å². The predicted octanol–water partition coefficient (Wildman–Crippen LogP) is 1.25. The van der Waals surface area contributed by atoms with Gasteiger partial charge in [-0.05, 0) is 37.6 Å². The molecule has 3 N–H and O–H groups in total. The van der Waals surface area contributed by atoms with Gasteiger partial charge in [-0.1, -0.05) is 12.1 Å². The molecule has 0 bridgehead atoms. The Balaban J connectivity index is 2.25. The Kier molecular flexibility index (Phi) is 4.43. The highest BCUT2D eigenvalue weighted by molar-refractivity contribution is 5.26. The van der Waals surface area contributed by atoms with Gasteiger partial charge in [0.2, 0.25) is 0 Å².